The normalized spacial score (nSPS) is 27.6. The van der Waals surface area contributed by atoms with E-state index in [9.17, 15) is 5.11 Å². The van der Waals surface area contributed by atoms with Crippen molar-refractivity contribution in [3.05, 3.63) is 24.8 Å². The van der Waals surface area contributed by atoms with Gasteiger partial charge in [-0.2, -0.15) is 0 Å². The highest BCUT2D eigenvalue weighted by Crippen LogP contribution is 2.36. The Morgan fingerprint density at radius 1 is 1.35 bits per heavy atom. The molecule has 4 nitrogen and oxygen atoms in total. The Kier molecular flexibility index (Phi) is 6.16. The lowest BCUT2D eigenvalue weighted by atomic mass is 10.2. The van der Waals surface area contributed by atoms with Gasteiger partial charge in [0.1, 0.15) is 12.2 Å². The van der Waals surface area contributed by atoms with Crippen LogP contribution in [-0.4, -0.2) is 45.1 Å². The molecule has 0 aliphatic carbocycles. The summed E-state index contributed by atoms with van der Waals surface area (Å²) < 4.78 is 17.2. The van der Waals surface area contributed by atoms with Crippen molar-refractivity contribution < 1.29 is 19.0 Å². The third-order valence-electron chi connectivity index (χ3n) is 3.90. The van der Waals surface area contributed by atoms with Gasteiger partial charge in [-0.3, -0.25) is 0 Å². The maximum atomic E-state index is 9.77. The molecule has 0 bridgehead atoms. The molecular weight excluding hydrogens is 272 g/mol. The second kappa shape index (κ2) is 7.00. The number of ether oxygens (including phenoxy) is 2. The molecule has 0 aromatic rings. The lowest BCUT2D eigenvalue weighted by molar-refractivity contribution is -0.203. The molecule has 5 heteroatoms. The van der Waals surface area contributed by atoms with Crippen LogP contribution in [0.5, 0.6) is 0 Å². The van der Waals surface area contributed by atoms with Crippen LogP contribution >= 0.6 is 0 Å². The second-order valence-corrected chi connectivity index (χ2v) is 11.4. The average Bonchev–Trinajstić information content (AvgIpc) is 2.35. The molecule has 0 amide bonds. The third-order valence-corrected chi connectivity index (χ3v) is 8.40. The van der Waals surface area contributed by atoms with E-state index in [1.165, 1.54) is 0 Å². The molecule has 0 aromatic carbocycles. The predicted octanol–water partition coefficient (Wildman–Crippen LogP) is 2.85. The maximum absolute atomic E-state index is 9.77. The van der Waals surface area contributed by atoms with Crippen LogP contribution in [0.2, 0.25) is 18.1 Å². The van der Waals surface area contributed by atoms with Crippen molar-refractivity contribution in [2.75, 3.05) is 13.2 Å². The predicted molar refractivity (Wildman–Crippen MR) is 83.1 cm³/mol. The molecule has 0 saturated carbocycles. The molecule has 1 N–H and O–H groups in total. The van der Waals surface area contributed by atoms with Crippen molar-refractivity contribution in [3.63, 3.8) is 0 Å². The largest absolute Gasteiger partial charge is 0.414 e. The van der Waals surface area contributed by atoms with E-state index < -0.39 is 20.7 Å². The molecule has 1 aliphatic rings. The minimum atomic E-state index is -1.79. The number of hydrogen-bond acceptors (Lipinski definition) is 4. The molecule has 0 spiro atoms. The highest BCUT2D eigenvalue weighted by Gasteiger charge is 2.38. The Morgan fingerprint density at radius 2 is 2.00 bits per heavy atom. The van der Waals surface area contributed by atoms with E-state index in [2.05, 4.69) is 40.4 Å². The van der Waals surface area contributed by atoms with Gasteiger partial charge in [0, 0.05) is 0 Å². The Morgan fingerprint density at radius 3 is 2.55 bits per heavy atom. The zero-order valence-electron chi connectivity index (χ0n) is 13.3. The third kappa shape index (κ3) is 4.82. The summed E-state index contributed by atoms with van der Waals surface area (Å²) in [4.78, 5) is 0. The minimum Gasteiger partial charge on any atom is -0.414 e. The van der Waals surface area contributed by atoms with Gasteiger partial charge < -0.3 is 19.0 Å². The lowest BCUT2D eigenvalue weighted by Gasteiger charge is -2.38. The van der Waals surface area contributed by atoms with Crippen LogP contribution in [-0.2, 0) is 13.9 Å². The highest BCUT2D eigenvalue weighted by atomic mass is 28.4. The summed E-state index contributed by atoms with van der Waals surface area (Å²) >= 11 is 0. The Hall–Kier alpha value is -0.463. The van der Waals surface area contributed by atoms with Crippen LogP contribution in [0.15, 0.2) is 24.8 Å². The van der Waals surface area contributed by atoms with E-state index in [1.54, 1.807) is 12.2 Å². The summed E-state index contributed by atoms with van der Waals surface area (Å²) in [6, 6.07) is 0. The maximum Gasteiger partial charge on any atom is 0.192 e. The first-order valence-corrected chi connectivity index (χ1v) is 9.96. The SMILES string of the molecule is C=CCO[C@H]1O[C@H](CO[Si](C)(C)C(C)(C)C)C=C[C@H]1O. The summed E-state index contributed by atoms with van der Waals surface area (Å²) in [6.07, 6.45) is 3.62. The van der Waals surface area contributed by atoms with Crippen LogP contribution in [0.25, 0.3) is 0 Å². The van der Waals surface area contributed by atoms with Gasteiger partial charge in [0.15, 0.2) is 14.6 Å². The smallest absolute Gasteiger partial charge is 0.192 e. The zero-order chi connectivity index (χ0) is 15.4. The fraction of sp³-hybridized carbons (Fsp3) is 0.733. The molecule has 0 radical (unpaired) electrons. The van der Waals surface area contributed by atoms with E-state index in [1.807, 2.05) is 6.08 Å². The van der Waals surface area contributed by atoms with Gasteiger partial charge in [0.05, 0.1) is 13.2 Å². The summed E-state index contributed by atoms with van der Waals surface area (Å²) in [5.41, 5.74) is 0. The number of rotatable bonds is 6. The number of aliphatic hydroxyl groups excluding tert-OH is 1. The van der Waals surface area contributed by atoms with Crippen LogP contribution in [0, 0.1) is 0 Å². The van der Waals surface area contributed by atoms with Crippen molar-refractivity contribution in [2.24, 2.45) is 0 Å². The first-order chi connectivity index (χ1) is 9.17. The molecule has 0 saturated heterocycles. The van der Waals surface area contributed by atoms with Crippen molar-refractivity contribution in [2.45, 2.75) is 57.4 Å². The first kappa shape index (κ1) is 17.6. The van der Waals surface area contributed by atoms with Crippen molar-refractivity contribution in [1.82, 2.24) is 0 Å². The van der Waals surface area contributed by atoms with Gasteiger partial charge in [0.2, 0.25) is 0 Å². The minimum absolute atomic E-state index is 0.170. The van der Waals surface area contributed by atoms with Crippen LogP contribution in [0.4, 0.5) is 0 Å². The van der Waals surface area contributed by atoms with Crippen molar-refractivity contribution >= 4 is 8.32 Å². The molecule has 116 valence electrons. The monoisotopic (exact) mass is 300 g/mol. The zero-order valence-corrected chi connectivity index (χ0v) is 14.3. The molecule has 3 atom stereocenters. The standard InChI is InChI=1S/C15H28O4Si/c1-7-10-17-14-13(16)9-8-12(19-14)11-18-20(5,6)15(2,3)4/h7-9,12-14,16H,1,10-11H2,2-6H3/t12-,13+,14-/m0/s1. The molecule has 0 aromatic heterocycles. The van der Waals surface area contributed by atoms with Crippen LogP contribution < -0.4 is 0 Å². The molecular formula is C15H28O4Si. The van der Waals surface area contributed by atoms with E-state index in [0.29, 0.717) is 13.2 Å². The molecule has 1 aliphatic heterocycles. The molecule has 1 rings (SSSR count). The summed E-state index contributed by atoms with van der Waals surface area (Å²) in [5, 5.41) is 9.94. The fourth-order valence-electron chi connectivity index (χ4n) is 1.53. The van der Waals surface area contributed by atoms with Gasteiger partial charge in [-0.05, 0) is 18.1 Å². The summed E-state index contributed by atoms with van der Waals surface area (Å²) in [6.45, 7) is 15.5. The van der Waals surface area contributed by atoms with Gasteiger partial charge >= 0.3 is 0 Å². The van der Waals surface area contributed by atoms with Crippen LogP contribution in [0.1, 0.15) is 20.8 Å². The summed E-state index contributed by atoms with van der Waals surface area (Å²) in [5.74, 6) is 0. The van der Waals surface area contributed by atoms with E-state index in [0.717, 1.165) is 0 Å². The molecule has 20 heavy (non-hydrogen) atoms. The average molecular weight is 300 g/mol. The van der Waals surface area contributed by atoms with Gasteiger partial charge in [-0.15, -0.1) is 6.58 Å². The van der Waals surface area contributed by atoms with E-state index in [4.69, 9.17) is 13.9 Å². The van der Waals surface area contributed by atoms with E-state index in [-0.39, 0.29) is 11.1 Å². The number of aliphatic hydroxyl groups is 1. The van der Waals surface area contributed by atoms with Crippen LogP contribution in [0.3, 0.4) is 0 Å². The van der Waals surface area contributed by atoms with E-state index >= 15 is 0 Å². The number of hydrogen-bond donors (Lipinski definition) is 1. The molecule has 0 fully saturated rings. The Labute approximate surface area is 123 Å². The topological polar surface area (TPSA) is 47.9 Å². The van der Waals surface area contributed by atoms with Gasteiger partial charge in [-0.25, -0.2) is 0 Å². The highest BCUT2D eigenvalue weighted by molar-refractivity contribution is 6.74. The van der Waals surface area contributed by atoms with Crippen molar-refractivity contribution in [1.29, 1.82) is 0 Å². The Bertz CT molecular complexity index is 346. The van der Waals surface area contributed by atoms with Gasteiger partial charge in [-0.1, -0.05) is 39.0 Å². The quantitative estimate of drug-likeness (QED) is 0.605. The molecule has 1 heterocycles. The first-order valence-electron chi connectivity index (χ1n) is 7.05. The second-order valence-electron chi connectivity index (χ2n) is 6.61. The summed E-state index contributed by atoms with van der Waals surface area (Å²) in [7, 11) is -1.79. The molecule has 0 unspecified atom stereocenters. The Balaban J connectivity index is 2.53. The van der Waals surface area contributed by atoms with Crippen molar-refractivity contribution in [3.8, 4) is 0 Å². The lowest BCUT2D eigenvalue weighted by Crippen LogP contribution is -2.45. The fourth-order valence-corrected chi connectivity index (χ4v) is 2.54. The van der Waals surface area contributed by atoms with Gasteiger partial charge in [0.25, 0.3) is 0 Å².